The molecule has 0 radical (unpaired) electrons. The molecule has 1 saturated carbocycles. The predicted octanol–water partition coefficient (Wildman–Crippen LogP) is -10.4. The molecule has 1 aliphatic carbocycles. The topological polar surface area (TPSA) is 63.3 Å². The highest BCUT2D eigenvalue weighted by molar-refractivity contribution is 6.66. The van der Waals surface area contributed by atoms with Crippen molar-refractivity contribution in [1.82, 2.24) is 0 Å². The summed E-state index contributed by atoms with van der Waals surface area (Å²) < 4.78 is 0. The molecule has 2 unspecified atom stereocenters. The van der Waals surface area contributed by atoms with E-state index in [1.165, 1.54) is 0 Å². The van der Waals surface area contributed by atoms with Crippen molar-refractivity contribution in [2.24, 2.45) is 5.73 Å². The Morgan fingerprint density at radius 3 is 1.80 bits per heavy atom. The third-order valence-corrected chi connectivity index (χ3v) is 7.55. The Hall–Kier alpha value is -0.316. The molecular formula is C12H23B9ClNO2. The lowest BCUT2D eigenvalue weighted by Crippen LogP contribution is -2.73. The van der Waals surface area contributed by atoms with Gasteiger partial charge >= 0.3 is 0 Å². The number of Topliss-reactive ketones (excluding diaryl/α,β-unsaturated/α-hetero) is 1. The summed E-state index contributed by atoms with van der Waals surface area (Å²) in [7, 11) is 17.4. The van der Waals surface area contributed by atoms with E-state index in [9.17, 15) is 9.90 Å². The summed E-state index contributed by atoms with van der Waals surface area (Å²) in [5.41, 5.74) is 8.77. The fourth-order valence-corrected chi connectivity index (χ4v) is 5.04. The predicted molar refractivity (Wildman–Crippen MR) is 133 cm³/mol. The second-order valence-electron chi connectivity index (χ2n) is 9.34. The Bertz CT molecular complexity index is 753. The molecule has 25 heavy (non-hydrogen) atoms. The van der Waals surface area contributed by atoms with E-state index in [0.717, 1.165) is 21.9 Å². The van der Waals surface area contributed by atoms with Gasteiger partial charge in [-0.05, 0) is 5.56 Å². The lowest BCUT2D eigenvalue weighted by atomic mass is 9.24. The Balaban J connectivity index is 2.93. The Labute approximate surface area is 164 Å². The molecule has 0 saturated heterocycles. The van der Waals surface area contributed by atoms with Crippen LogP contribution in [0.4, 0.5) is 0 Å². The van der Waals surface area contributed by atoms with E-state index >= 15 is 0 Å². The van der Waals surface area contributed by atoms with Gasteiger partial charge in [-0.1, -0.05) is 39.4 Å². The molecule has 2 rings (SSSR count). The minimum Gasteiger partial charge on any atom is -0.392 e. The Kier molecular flexibility index (Phi) is 4.90. The average molecular weight is 346 g/mol. The summed E-state index contributed by atoms with van der Waals surface area (Å²) in [5, 5.41) is 10.5. The van der Waals surface area contributed by atoms with Gasteiger partial charge in [-0.2, -0.15) is 0 Å². The van der Waals surface area contributed by atoms with Crippen molar-refractivity contribution >= 4 is 110 Å². The monoisotopic (exact) mass is 347 g/mol. The highest BCUT2D eigenvalue weighted by atomic mass is 35.5. The molecule has 1 aromatic carbocycles. The number of hydrogen-bond acceptors (Lipinski definition) is 3. The van der Waals surface area contributed by atoms with E-state index in [2.05, 4.69) is 0 Å². The van der Waals surface area contributed by atoms with Gasteiger partial charge in [-0.25, -0.2) is 0 Å². The first-order valence-corrected chi connectivity index (χ1v) is 9.24. The fourth-order valence-electron chi connectivity index (χ4n) is 4.60. The van der Waals surface area contributed by atoms with E-state index < -0.39 is 21.5 Å². The molecule has 1 aromatic rings. The third-order valence-electron chi connectivity index (χ3n) is 7.08. The van der Waals surface area contributed by atoms with Gasteiger partial charge in [0, 0.05) is 5.02 Å². The first kappa shape index (κ1) is 21.0. The molecule has 0 aliphatic heterocycles. The first-order chi connectivity index (χ1) is 11.0. The lowest BCUT2D eigenvalue weighted by Gasteiger charge is -2.59. The van der Waals surface area contributed by atoms with Crippen LogP contribution < -0.4 is 27.6 Å². The van der Waals surface area contributed by atoms with Crippen molar-refractivity contribution < 1.29 is 9.90 Å². The van der Waals surface area contributed by atoms with Crippen molar-refractivity contribution in [3.05, 3.63) is 10.6 Å². The Morgan fingerprint density at radius 2 is 1.32 bits per heavy atom. The highest BCUT2D eigenvalue weighted by Gasteiger charge is 2.64. The molecule has 0 aromatic heterocycles. The summed E-state index contributed by atoms with van der Waals surface area (Å²) in [4.78, 5) is 13.6. The number of ketones is 1. The average Bonchev–Trinajstić information content (AvgIpc) is 2.47. The number of carbonyl (C=O) groups excluding carboxylic acids is 1. The standard InChI is InChI=1S/C12H23B9ClNO2/c13-3-2(7(22)6(16)5(15)4(3)14)11(23)8(24)12(21,25)10(19,20)1-9(11,17)18/h25H,1,13-21,23H2. The van der Waals surface area contributed by atoms with Gasteiger partial charge in [0.2, 0.25) is 0 Å². The van der Waals surface area contributed by atoms with Crippen LogP contribution in [-0.4, -0.2) is 87.0 Å². The van der Waals surface area contributed by atoms with Gasteiger partial charge in [0.25, 0.3) is 0 Å². The molecule has 0 spiro atoms. The lowest BCUT2D eigenvalue weighted by molar-refractivity contribution is -0.141. The van der Waals surface area contributed by atoms with E-state index in [4.69, 9.17) is 17.3 Å². The van der Waals surface area contributed by atoms with Gasteiger partial charge in [0.1, 0.15) is 62.8 Å². The van der Waals surface area contributed by atoms with E-state index in [1.54, 1.807) is 7.85 Å². The van der Waals surface area contributed by atoms with Gasteiger partial charge in [-0.3, -0.25) is 4.79 Å². The summed E-state index contributed by atoms with van der Waals surface area (Å²) >= 11 is 6.74. The van der Waals surface area contributed by atoms with Crippen molar-refractivity contribution in [2.75, 3.05) is 0 Å². The number of aliphatic hydroxyl groups is 1. The molecule has 122 valence electrons. The van der Waals surface area contributed by atoms with Crippen LogP contribution >= 0.6 is 11.6 Å². The highest BCUT2D eigenvalue weighted by Crippen LogP contribution is 2.58. The van der Waals surface area contributed by atoms with Crippen molar-refractivity contribution in [2.45, 2.75) is 27.9 Å². The zero-order valence-electron chi connectivity index (χ0n) is 17.0. The van der Waals surface area contributed by atoms with Gasteiger partial charge < -0.3 is 10.8 Å². The summed E-state index contributed by atoms with van der Waals surface area (Å²) in [5.74, 6) is -0.353. The Morgan fingerprint density at radius 1 is 0.880 bits per heavy atom. The molecule has 13 heteroatoms. The number of rotatable bonds is 1. The van der Waals surface area contributed by atoms with Gasteiger partial charge in [-0.15, -0.1) is 10.9 Å². The normalized spacial score (nSPS) is 30.9. The molecule has 0 amide bonds. The fraction of sp³-hybridized carbons (Fsp3) is 0.417. The molecule has 0 bridgehead atoms. The second-order valence-corrected chi connectivity index (χ2v) is 9.72. The van der Waals surface area contributed by atoms with Crippen LogP contribution in [0.5, 0.6) is 0 Å². The molecular weight excluding hydrogens is 323 g/mol. The van der Waals surface area contributed by atoms with Gasteiger partial charge in [0.05, 0.1) is 11.0 Å². The second kappa shape index (κ2) is 5.84. The van der Waals surface area contributed by atoms with Crippen LogP contribution in [0.1, 0.15) is 12.0 Å². The number of carbonyl (C=O) groups is 1. The molecule has 3 nitrogen and oxygen atoms in total. The smallest absolute Gasteiger partial charge is 0.177 e. The van der Waals surface area contributed by atoms with E-state index in [-0.39, 0.29) is 5.78 Å². The van der Waals surface area contributed by atoms with E-state index in [0.29, 0.717) is 17.0 Å². The summed E-state index contributed by atoms with van der Waals surface area (Å²) in [6.07, 6.45) is 0.608. The van der Waals surface area contributed by atoms with Crippen molar-refractivity contribution in [1.29, 1.82) is 0 Å². The first-order valence-electron chi connectivity index (χ1n) is 8.86. The molecule has 3 N–H and O–H groups in total. The molecule has 1 aliphatic rings. The summed E-state index contributed by atoms with van der Waals surface area (Å²) in [6, 6.07) is 0. The van der Waals surface area contributed by atoms with Crippen LogP contribution in [0.3, 0.4) is 0 Å². The maximum Gasteiger partial charge on any atom is 0.177 e. The zero-order valence-corrected chi connectivity index (χ0v) is 17.8. The largest absolute Gasteiger partial charge is 0.392 e. The van der Waals surface area contributed by atoms with Crippen LogP contribution in [0, 0.1) is 0 Å². The maximum atomic E-state index is 13.6. The minimum atomic E-state index is -1.53. The minimum absolute atomic E-state index is 0.353. The van der Waals surface area contributed by atoms with Gasteiger partial charge in [0.15, 0.2) is 13.6 Å². The van der Waals surface area contributed by atoms with Crippen LogP contribution in [0.2, 0.25) is 15.5 Å². The molecule has 0 heterocycles. The van der Waals surface area contributed by atoms with Crippen LogP contribution in [0.25, 0.3) is 0 Å². The van der Waals surface area contributed by atoms with Crippen molar-refractivity contribution in [3.8, 4) is 0 Å². The SMILES string of the molecule is Bc1c(B)c(B)c(C2(N)C(=O)C(B)(O)C(B)(B)CC2(B)B)c(Cl)c1B. The number of benzene rings is 1. The van der Waals surface area contributed by atoms with E-state index in [1.807, 2.05) is 62.8 Å². The molecule has 2 atom stereocenters. The number of hydrogen-bond donors (Lipinski definition) is 2. The maximum absolute atomic E-state index is 13.6. The number of halogens is 1. The summed E-state index contributed by atoms with van der Waals surface area (Å²) in [6.45, 7) is 0. The van der Waals surface area contributed by atoms with Crippen LogP contribution in [-0.2, 0) is 10.3 Å². The third kappa shape index (κ3) is 2.58. The van der Waals surface area contributed by atoms with Crippen molar-refractivity contribution in [3.63, 3.8) is 0 Å². The molecule has 1 fully saturated rings. The van der Waals surface area contributed by atoms with Crippen LogP contribution in [0.15, 0.2) is 0 Å². The zero-order chi connectivity index (χ0) is 19.7. The number of nitrogens with two attached hydrogens (primary N) is 1. The quantitative estimate of drug-likeness (QED) is 0.497.